The molecule has 0 aromatic heterocycles. The van der Waals surface area contributed by atoms with Crippen LogP contribution in [-0.4, -0.2) is 19.7 Å². The lowest BCUT2D eigenvalue weighted by Gasteiger charge is -2.08. The van der Waals surface area contributed by atoms with Crippen molar-refractivity contribution in [3.8, 4) is 16.9 Å². The van der Waals surface area contributed by atoms with Crippen LogP contribution < -0.4 is 10.1 Å². The molecule has 0 amide bonds. The van der Waals surface area contributed by atoms with Crippen LogP contribution in [0.25, 0.3) is 11.1 Å². The van der Waals surface area contributed by atoms with Gasteiger partial charge in [0.2, 0.25) is 0 Å². The summed E-state index contributed by atoms with van der Waals surface area (Å²) in [6.07, 6.45) is 2.25. The molecule has 0 unspecified atom stereocenters. The molecule has 0 heterocycles. The lowest BCUT2D eigenvalue weighted by atomic mass is 10.0. The maximum Gasteiger partial charge on any atom is 0.119 e. The zero-order valence-corrected chi connectivity index (χ0v) is 13.1. The molecule has 0 aliphatic rings. The first kappa shape index (κ1) is 15.6. The number of aryl methyl sites for hydroxylation is 1. The molecular weight excluding hydrogens is 258 g/mol. The molecule has 21 heavy (non-hydrogen) atoms. The van der Waals surface area contributed by atoms with Crippen molar-refractivity contribution >= 4 is 0 Å². The summed E-state index contributed by atoms with van der Waals surface area (Å²) in [7, 11) is 0. The van der Waals surface area contributed by atoms with Crippen LogP contribution in [0, 0.1) is 6.92 Å². The fourth-order valence-corrected chi connectivity index (χ4v) is 2.21. The van der Waals surface area contributed by atoms with Crippen molar-refractivity contribution in [3.63, 3.8) is 0 Å². The monoisotopic (exact) mass is 283 g/mol. The molecule has 0 radical (unpaired) electrons. The number of benzene rings is 2. The standard InChI is InChI=1S/C19H25NO/c1-3-20-14-4-5-15-21-19-12-10-18(11-13-19)17-8-6-16(2)7-9-17/h6-13,20H,3-5,14-15H2,1-2H3. The van der Waals surface area contributed by atoms with E-state index >= 15 is 0 Å². The van der Waals surface area contributed by atoms with Crippen molar-refractivity contribution in [1.82, 2.24) is 5.32 Å². The number of nitrogens with one attached hydrogen (secondary N) is 1. The van der Waals surface area contributed by atoms with Crippen LogP contribution >= 0.6 is 0 Å². The van der Waals surface area contributed by atoms with Gasteiger partial charge in [-0.05, 0) is 56.1 Å². The molecule has 0 aliphatic carbocycles. The molecule has 0 fully saturated rings. The predicted octanol–water partition coefficient (Wildman–Crippen LogP) is 4.43. The second-order valence-corrected chi connectivity index (χ2v) is 5.30. The van der Waals surface area contributed by atoms with E-state index in [4.69, 9.17) is 4.74 Å². The molecule has 2 nitrogen and oxygen atoms in total. The van der Waals surface area contributed by atoms with E-state index in [0.717, 1.165) is 38.3 Å². The molecule has 0 atom stereocenters. The van der Waals surface area contributed by atoms with Crippen LogP contribution in [0.1, 0.15) is 25.3 Å². The molecule has 0 spiro atoms. The van der Waals surface area contributed by atoms with E-state index in [0.29, 0.717) is 0 Å². The Labute approximate surface area is 128 Å². The fourth-order valence-electron chi connectivity index (χ4n) is 2.21. The summed E-state index contributed by atoms with van der Waals surface area (Å²) >= 11 is 0. The zero-order valence-electron chi connectivity index (χ0n) is 13.1. The maximum atomic E-state index is 5.77. The normalized spacial score (nSPS) is 10.6. The number of hydrogen-bond donors (Lipinski definition) is 1. The summed E-state index contributed by atoms with van der Waals surface area (Å²) in [6, 6.07) is 17.0. The van der Waals surface area contributed by atoms with Gasteiger partial charge in [-0.1, -0.05) is 48.9 Å². The quantitative estimate of drug-likeness (QED) is 0.724. The summed E-state index contributed by atoms with van der Waals surface area (Å²) in [5.74, 6) is 0.953. The third kappa shape index (κ3) is 5.24. The molecule has 2 aromatic carbocycles. The van der Waals surface area contributed by atoms with Crippen LogP contribution in [-0.2, 0) is 0 Å². The summed E-state index contributed by atoms with van der Waals surface area (Å²) < 4.78 is 5.77. The van der Waals surface area contributed by atoms with Crippen molar-refractivity contribution < 1.29 is 4.74 Å². The Kier molecular flexibility index (Phi) is 6.29. The van der Waals surface area contributed by atoms with Gasteiger partial charge in [-0.3, -0.25) is 0 Å². The Bertz CT molecular complexity index is 516. The van der Waals surface area contributed by atoms with E-state index < -0.39 is 0 Å². The molecule has 0 saturated heterocycles. The van der Waals surface area contributed by atoms with Gasteiger partial charge in [0.25, 0.3) is 0 Å². The SMILES string of the molecule is CCNCCCCOc1ccc(-c2ccc(C)cc2)cc1. The maximum absolute atomic E-state index is 5.77. The highest BCUT2D eigenvalue weighted by Gasteiger charge is 1.99. The number of ether oxygens (including phenoxy) is 1. The first-order valence-corrected chi connectivity index (χ1v) is 7.80. The summed E-state index contributed by atoms with van der Waals surface area (Å²) in [5.41, 5.74) is 3.77. The van der Waals surface area contributed by atoms with E-state index in [9.17, 15) is 0 Å². The topological polar surface area (TPSA) is 21.3 Å². The van der Waals surface area contributed by atoms with Crippen LogP contribution in [0.4, 0.5) is 0 Å². The molecule has 0 saturated carbocycles. The van der Waals surface area contributed by atoms with E-state index in [-0.39, 0.29) is 0 Å². The Morgan fingerprint density at radius 3 is 2.10 bits per heavy atom. The van der Waals surface area contributed by atoms with Crippen molar-refractivity contribution in [2.75, 3.05) is 19.7 Å². The smallest absolute Gasteiger partial charge is 0.119 e. The van der Waals surface area contributed by atoms with Gasteiger partial charge >= 0.3 is 0 Å². The Hall–Kier alpha value is -1.80. The highest BCUT2D eigenvalue weighted by Crippen LogP contribution is 2.22. The van der Waals surface area contributed by atoms with Gasteiger partial charge in [-0.15, -0.1) is 0 Å². The molecule has 112 valence electrons. The summed E-state index contributed by atoms with van der Waals surface area (Å²) in [5, 5.41) is 3.32. The van der Waals surface area contributed by atoms with E-state index in [2.05, 4.69) is 67.7 Å². The van der Waals surface area contributed by atoms with Gasteiger partial charge in [-0.25, -0.2) is 0 Å². The molecular formula is C19H25NO. The predicted molar refractivity (Wildman–Crippen MR) is 89.9 cm³/mol. The van der Waals surface area contributed by atoms with Gasteiger partial charge in [0.15, 0.2) is 0 Å². The average molecular weight is 283 g/mol. The van der Waals surface area contributed by atoms with Crippen LogP contribution in [0.15, 0.2) is 48.5 Å². The molecule has 2 rings (SSSR count). The van der Waals surface area contributed by atoms with Gasteiger partial charge < -0.3 is 10.1 Å². The summed E-state index contributed by atoms with van der Waals surface area (Å²) in [6.45, 7) is 7.14. The van der Waals surface area contributed by atoms with Crippen LogP contribution in [0.3, 0.4) is 0 Å². The minimum Gasteiger partial charge on any atom is -0.494 e. The van der Waals surface area contributed by atoms with Crippen molar-refractivity contribution in [1.29, 1.82) is 0 Å². The first-order valence-electron chi connectivity index (χ1n) is 7.80. The second kappa shape index (κ2) is 8.48. The average Bonchev–Trinajstić information content (AvgIpc) is 2.52. The number of unbranched alkanes of at least 4 members (excludes halogenated alkanes) is 1. The van der Waals surface area contributed by atoms with Crippen LogP contribution in [0.5, 0.6) is 5.75 Å². The van der Waals surface area contributed by atoms with Gasteiger partial charge in [0, 0.05) is 0 Å². The Morgan fingerprint density at radius 1 is 0.857 bits per heavy atom. The van der Waals surface area contributed by atoms with Crippen molar-refractivity contribution in [2.45, 2.75) is 26.7 Å². The van der Waals surface area contributed by atoms with Gasteiger partial charge in [0.05, 0.1) is 6.61 Å². The lowest BCUT2D eigenvalue weighted by Crippen LogP contribution is -2.14. The minimum atomic E-state index is 0.787. The first-order chi connectivity index (χ1) is 10.3. The van der Waals surface area contributed by atoms with E-state index in [1.807, 2.05) is 0 Å². The van der Waals surface area contributed by atoms with Crippen molar-refractivity contribution in [3.05, 3.63) is 54.1 Å². The third-order valence-electron chi connectivity index (χ3n) is 3.51. The minimum absolute atomic E-state index is 0.787. The summed E-state index contributed by atoms with van der Waals surface area (Å²) in [4.78, 5) is 0. The molecule has 0 aliphatic heterocycles. The highest BCUT2D eigenvalue weighted by molar-refractivity contribution is 5.64. The molecule has 1 N–H and O–H groups in total. The Morgan fingerprint density at radius 2 is 1.48 bits per heavy atom. The number of rotatable bonds is 8. The largest absolute Gasteiger partial charge is 0.494 e. The van der Waals surface area contributed by atoms with Gasteiger partial charge in [0.1, 0.15) is 5.75 Å². The lowest BCUT2D eigenvalue weighted by molar-refractivity contribution is 0.306. The number of hydrogen-bond acceptors (Lipinski definition) is 2. The van der Waals surface area contributed by atoms with Crippen LogP contribution in [0.2, 0.25) is 0 Å². The van der Waals surface area contributed by atoms with Crippen molar-refractivity contribution in [2.24, 2.45) is 0 Å². The van der Waals surface area contributed by atoms with E-state index in [1.165, 1.54) is 16.7 Å². The van der Waals surface area contributed by atoms with Gasteiger partial charge in [-0.2, -0.15) is 0 Å². The van der Waals surface area contributed by atoms with E-state index in [1.54, 1.807) is 0 Å². The second-order valence-electron chi connectivity index (χ2n) is 5.30. The highest BCUT2D eigenvalue weighted by atomic mass is 16.5. The third-order valence-corrected chi connectivity index (χ3v) is 3.51. The zero-order chi connectivity index (χ0) is 14.9. The molecule has 2 heteroatoms. The molecule has 0 bridgehead atoms. The fraction of sp³-hybridized carbons (Fsp3) is 0.368. The Balaban J connectivity index is 1.80. The molecule has 2 aromatic rings.